The Balaban J connectivity index is 1.91. The lowest BCUT2D eigenvalue weighted by molar-refractivity contribution is -0.109. The van der Waals surface area contributed by atoms with Crippen LogP contribution in [0.3, 0.4) is 0 Å². The maximum atomic E-state index is 12.8. The van der Waals surface area contributed by atoms with Crippen LogP contribution in [0, 0.1) is 24.2 Å². The van der Waals surface area contributed by atoms with Crippen LogP contribution >= 0.6 is 0 Å². The molecule has 0 saturated carbocycles. The molecule has 1 N–H and O–H groups in total. The zero-order chi connectivity index (χ0) is 18.0. The first-order valence-corrected chi connectivity index (χ1v) is 8.85. The van der Waals surface area contributed by atoms with Gasteiger partial charge in [0.05, 0.1) is 11.6 Å². The van der Waals surface area contributed by atoms with Crippen LogP contribution in [0.1, 0.15) is 42.9 Å². The number of nitriles is 1. The number of aryl methyl sites for hydroxylation is 1. The number of aliphatic hydroxyl groups excluding tert-OH is 1. The quantitative estimate of drug-likeness (QED) is 0.864. The molecular formula is C20H23BN2O2. The van der Waals surface area contributed by atoms with E-state index in [1.54, 1.807) is 0 Å². The molecule has 2 aliphatic rings. The number of carbonyl (C=O) groups is 1. The fourth-order valence-corrected chi connectivity index (χ4v) is 3.96. The van der Waals surface area contributed by atoms with Crippen LogP contribution in [0.5, 0.6) is 0 Å². The number of hydrogen-bond donors (Lipinski definition) is 1. The average molecular weight is 334 g/mol. The van der Waals surface area contributed by atoms with Crippen molar-refractivity contribution in [3.8, 4) is 6.07 Å². The first-order chi connectivity index (χ1) is 12.0. The maximum Gasteiger partial charge on any atom is 0.220 e. The van der Waals surface area contributed by atoms with E-state index in [1.807, 2.05) is 32.2 Å². The second-order valence-corrected chi connectivity index (χ2v) is 7.66. The van der Waals surface area contributed by atoms with Gasteiger partial charge in [-0.2, -0.15) is 5.26 Å². The lowest BCUT2D eigenvalue weighted by Crippen LogP contribution is -2.36. The average Bonchev–Trinajstić information content (AvgIpc) is 2.77. The Labute approximate surface area is 149 Å². The molecule has 5 heteroatoms. The number of rotatable bonds is 3. The van der Waals surface area contributed by atoms with Crippen molar-refractivity contribution in [2.75, 3.05) is 6.61 Å². The minimum atomic E-state index is -0.396. The first-order valence-electron chi connectivity index (χ1n) is 8.85. The van der Waals surface area contributed by atoms with Crippen LogP contribution in [0.15, 0.2) is 34.5 Å². The van der Waals surface area contributed by atoms with Gasteiger partial charge in [-0.1, -0.05) is 19.1 Å². The van der Waals surface area contributed by atoms with Gasteiger partial charge >= 0.3 is 0 Å². The molecule has 2 heterocycles. The minimum absolute atomic E-state index is 0.00449. The van der Waals surface area contributed by atoms with E-state index < -0.39 is 5.31 Å². The van der Waals surface area contributed by atoms with Gasteiger partial charge in [-0.15, -0.1) is 0 Å². The molecule has 1 aromatic carbocycles. The highest BCUT2D eigenvalue weighted by Crippen LogP contribution is 2.42. The van der Waals surface area contributed by atoms with E-state index in [-0.39, 0.29) is 18.2 Å². The van der Waals surface area contributed by atoms with E-state index in [4.69, 9.17) is 5.26 Å². The van der Waals surface area contributed by atoms with Gasteiger partial charge in [0.1, 0.15) is 5.68 Å². The Morgan fingerprint density at radius 3 is 2.96 bits per heavy atom. The van der Waals surface area contributed by atoms with Crippen LogP contribution in [-0.4, -0.2) is 30.9 Å². The molecule has 1 aromatic rings. The summed E-state index contributed by atoms with van der Waals surface area (Å²) in [7, 11) is 0.390. The molecule has 4 nitrogen and oxygen atoms in total. The summed E-state index contributed by atoms with van der Waals surface area (Å²) >= 11 is 0. The molecule has 3 rings (SSSR count). The highest BCUT2D eigenvalue weighted by atomic mass is 16.3. The number of benzene rings is 1. The van der Waals surface area contributed by atoms with Crippen LogP contribution in [0.4, 0.5) is 0 Å². The van der Waals surface area contributed by atoms with E-state index in [0.717, 1.165) is 41.7 Å². The van der Waals surface area contributed by atoms with Crippen molar-refractivity contribution < 1.29 is 9.90 Å². The van der Waals surface area contributed by atoms with Crippen molar-refractivity contribution in [2.45, 2.75) is 44.8 Å². The molecule has 0 spiro atoms. The number of aliphatic imine (C=N–C) groups is 1. The molecular weight excluding hydrogens is 311 g/mol. The molecule has 0 saturated heterocycles. The molecule has 2 atom stereocenters. The number of aliphatic hydroxyl groups is 1. The van der Waals surface area contributed by atoms with Crippen molar-refractivity contribution >= 4 is 19.2 Å². The van der Waals surface area contributed by atoms with E-state index in [9.17, 15) is 9.90 Å². The van der Waals surface area contributed by atoms with E-state index in [2.05, 4.69) is 17.1 Å². The molecule has 128 valence electrons. The Kier molecular flexibility index (Phi) is 4.92. The first kappa shape index (κ1) is 17.6. The summed E-state index contributed by atoms with van der Waals surface area (Å²) in [5, 5.41) is 18.4. The number of hydrogen-bond acceptors (Lipinski definition) is 4. The second kappa shape index (κ2) is 6.97. The van der Waals surface area contributed by atoms with Crippen LogP contribution in [0.2, 0.25) is 5.31 Å². The normalized spacial score (nSPS) is 25.8. The summed E-state index contributed by atoms with van der Waals surface area (Å²) in [4.78, 5) is 17.4. The molecule has 25 heavy (non-hydrogen) atoms. The Morgan fingerprint density at radius 1 is 1.48 bits per heavy atom. The Morgan fingerprint density at radius 2 is 2.28 bits per heavy atom. The van der Waals surface area contributed by atoms with Gasteiger partial charge in [-0.25, -0.2) is 0 Å². The van der Waals surface area contributed by atoms with E-state index >= 15 is 0 Å². The van der Waals surface area contributed by atoms with Crippen LogP contribution < -0.4 is 0 Å². The van der Waals surface area contributed by atoms with Gasteiger partial charge in [-0.05, 0) is 61.0 Å². The van der Waals surface area contributed by atoms with Crippen LogP contribution in [0.25, 0.3) is 0 Å². The third-order valence-corrected chi connectivity index (χ3v) is 5.37. The van der Waals surface area contributed by atoms with E-state index in [0.29, 0.717) is 19.3 Å². The molecule has 0 amide bonds. The predicted molar refractivity (Wildman–Crippen MR) is 100 cm³/mol. The lowest BCUT2D eigenvalue weighted by Gasteiger charge is -2.33. The fraction of sp³-hybridized carbons (Fsp3) is 0.450. The lowest BCUT2D eigenvalue weighted by atomic mass is 9.44. The third-order valence-electron chi connectivity index (χ3n) is 5.37. The topological polar surface area (TPSA) is 73.4 Å². The third kappa shape index (κ3) is 3.59. The standard InChI is InChI=1S/C20H23BN2O2/c1-13-8-14(5-6-16(13)11-22)9-15-4-3-7-23-17-10-20(2,12-24)21-19(25)18(15)17/h5-8,15,21,24H,3-4,9-10,12H2,1-2H3. The van der Waals surface area contributed by atoms with Gasteiger partial charge in [-0.3, -0.25) is 4.99 Å². The van der Waals surface area contributed by atoms with Crippen molar-refractivity contribution in [3.63, 3.8) is 0 Å². The molecule has 0 aliphatic carbocycles. The molecule has 0 fully saturated rings. The maximum absolute atomic E-state index is 12.8. The smallest absolute Gasteiger partial charge is 0.220 e. The summed E-state index contributed by atoms with van der Waals surface area (Å²) < 4.78 is 0. The molecule has 0 bridgehead atoms. The number of allylic oxidation sites excluding steroid dienone is 2. The molecule has 0 aromatic heterocycles. The Bertz CT molecular complexity index is 806. The van der Waals surface area contributed by atoms with Crippen molar-refractivity contribution in [3.05, 3.63) is 46.2 Å². The fourth-order valence-electron chi connectivity index (χ4n) is 3.96. The second-order valence-electron chi connectivity index (χ2n) is 7.66. The number of nitrogens with zero attached hydrogens (tertiary/aromatic N) is 2. The summed E-state index contributed by atoms with van der Waals surface area (Å²) in [5.74, 6) is 0.153. The predicted octanol–water partition coefficient (Wildman–Crippen LogP) is 2.68. The number of carbonyl (C=O) groups excluding carboxylic acids is 1. The van der Waals surface area contributed by atoms with Crippen molar-refractivity contribution in [1.82, 2.24) is 0 Å². The highest BCUT2D eigenvalue weighted by Gasteiger charge is 2.40. The Hall–Kier alpha value is -2.19. The van der Waals surface area contributed by atoms with Crippen molar-refractivity contribution in [2.24, 2.45) is 10.9 Å². The summed E-state index contributed by atoms with van der Waals surface area (Å²) in [6.07, 6.45) is 5.12. The largest absolute Gasteiger partial charge is 0.397 e. The van der Waals surface area contributed by atoms with Gasteiger partial charge in [0.2, 0.25) is 7.28 Å². The zero-order valence-electron chi connectivity index (χ0n) is 14.9. The molecule has 2 unspecified atom stereocenters. The van der Waals surface area contributed by atoms with Crippen LogP contribution in [-0.2, 0) is 11.2 Å². The van der Waals surface area contributed by atoms with Gasteiger partial charge in [0.15, 0.2) is 0 Å². The minimum Gasteiger partial charge on any atom is -0.397 e. The van der Waals surface area contributed by atoms with Gasteiger partial charge in [0.25, 0.3) is 0 Å². The molecule has 0 radical (unpaired) electrons. The van der Waals surface area contributed by atoms with E-state index in [1.165, 1.54) is 0 Å². The summed E-state index contributed by atoms with van der Waals surface area (Å²) in [6, 6.07) is 8.10. The van der Waals surface area contributed by atoms with Gasteiger partial charge < -0.3 is 9.90 Å². The monoisotopic (exact) mass is 334 g/mol. The van der Waals surface area contributed by atoms with Gasteiger partial charge in [0, 0.05) is 24.1 Å². The summed E-state index contributed by atoms with van der Waals surface area (Å²) in [6.45, 7) is 3.90. The van der Waals surface area contributed by atoms with Crippen molar-refractivity contribution in [1.29, 1.82) is 5.26 Å². The zero-order valence-corrected chi connectivity index (χ0v) is 14.9. The SMILES string of the molecule is Cc1cc(CC2CCC=NC3=C2C(=O)BC(C)(CO)C3)ccc1C#N. The highest BCUT2D eigenvalue weighted by molar-refractivity contribution is 6.80. The molecule has 2 aliphatic heterocycles. The summed E-state index contributed by atoms with van der Waals surface area (Å²) in [5.41, 5.74) is 4.68.